The highest BCUT2D eigenvalue weighted by atomic mass is 15.4. The van der Waals surface area contributed by atoms with Crippen molar-refractivity contribution in [2.75, 3.05) is 6.54 Å². The van der Waals surface area contributed by atoms with E-state index in [1.54, 1.807) is 0 Å². The Hall–Kier alpha value is -0.900. The van der Waals surface area contributed by atoms with Gasteiger partial charge in [0.05, 0.1) is 6.17 Å². The van der Waals surface area contributed by atoms with Crippen molar-refractivity contribution in [2.45, 2.75) is 26.4 Å². The van der Waals surface area contributed by atoms with Crippen LogP contribution in [0.3, 0.4) is 0 Å². The highest BCUT2D eigenvalue weighted by Crippen LogP contribution is 2.16. The summed E-state index contributed by atoms with van der Waals surface area (Å²) >= 11 is 0. The third-order valence-corrected chi connectivity index (χ3v) is 2.18. The standard InChI is InChI=1S/C11H19N3/c1-3-9-6-5-7-10(8-9)11(12)14-13-4-2/h3,5,7-8,11,13-14H,4,6,12H2,1-2H3/b9-3+. The normalized spacial score (nSPS) is 21.1. The zero-order valence-electron chi connectivity index (χ0n) is 8.88. The Balaban J connectivity index is 2.58. The van der Waals surface area contributed by atoms with Crippen LogP contribution in [0.25, 0.3) is 0 Å². The maximum absolute atomic E-state index is 5.93. The van der Waals surface area contributed by atoms with Crippen LogP contribution in [-0.4, -0.2) is 12.7 Å². The Morgan fingerprint density at radius 1 is 1.64 bits per heavy atom. The smallest absolute Gasteiger partial charge is 0.0938 e. The Kier molecular flexibility index (Phi) is 4.59. The average Bonchev–Trinajstić information content (AvgIpc) is 2.26. The average molecular weight is 193 g/mol. The van der Waals surface area contributed by atoms with E-state index in [2.05, 4.69) is 35.2 Å². The van der Waals surface area contributed by atoms with E-state index in [0.717, 1.165) is 18.5 Å². The third-order valence-electron chi connectivity index (χ3n) is 2.18. The first-order valence-electron chi connectivity index (χ1n) is 5.05. The summed E-state index contributed by atoms with van der Waals surface area (Å²) in [7, 11) is 0. The van der Waals surface area contributed by atoms with Gasteiger partial charge in [0.25, 0.3) is 0 Å². The zero-order chi connectivity index (χ0) is 10.4. The molecule has 1 unspecified atom stereocenters. The van der Waals surface area contributed by atoms with Crippen molar-refractivity contribution in [1.82, 2.24) is 10.9 Å². The van der Waals surface area contributed by atoms with Crippen molar-refractivity contribution in [3.8, 4) is 0 Å². The summed E-state index contributed by atoms with van der Waals surface area (Å²) in [6.45, 7) is 4.94. The molecule has 0 aromatic carbocycles. The summed E-state index contributed by atoms with van der Waals surface area (Å²) in [5.74, 6) is 0. The fourth-order valence-electron chi connectivity index (χ4n) is 1.34. The maximum Gasteiger partial charge on any atom is 0.0938 e. The molecular formula is C11H19N3. The van der Waals surface area contributed by atoms with Crippen molar-refractivity contribution >= 4 is 0 Å². The van der Waals surface area contributed by atoms with Gasteiger partial charge in [0.1, 0.15) is 0 Å². The molecule has 0 aromatic rings. The van der Waals surface area contributed by atoms with Crippen LogP contribution >= 0.6 is 0 Å². The van der Waals surface area contributed by atoms with E-state index < -0.39 is 0 Å². The molecule has 0 aliphatic heterocycles. The van der Waals surface area contributed by atoms with Gasteiger partial charge in [-0.15, -0.1) is 0 Å². The quantitative estimate of drug-likeness (QED) is 0.465. The molecule has 0 spiro atoms. The number of hydrazine groups is 1. The van der Waals surface area contributed by atoms with Gasteiger partial charge in [0.2, 0.25) is 0 Å². The number of allylic oxidation sites excluding steroid dienone is 4. The third kappa shape index (κ3) is 3.10. The SMILES string of the molecule is C/C=C1/C=C(C(N)NNCC)C=CC1. The summed E-state index contributed by atoms with van der Waals surface area (Å²) < 4.78 is 0. The van der Waals surface area contributed by atoms with Gasteiger partial charge in [0.15, 0.2) is 0 Å². The van der Waals surface area contributed by atoms with Crippen molar-refractivity contribution in [1.29, 1.82) is 0 Å². The molecule has 0 saturated carbocycles. The fourth-order valence-corrected chi connectivity index (χ4v) is 1.34. The minimum atomic E-state index is -0.138. The van der Waals surface area contributed by atoms with Crippen LogP contribution in [-0.2, 0) is 0 Å². The van der Waals surface area contributed by atoms with Crippen LogP contribution in [0.2, 0.25) is 0 Å². The van der Waals surface area contributed by atoms with E-state index in [1.807, 2.05) is 13.8 Å². The number of nitrogens with one attached hydrogen (secondary N) is 2. The molecule has 1 aliphatic rings. The summed E-state index contributed by atoms with van der Waals surface area (Å²) in [5.41, 5.74) is 14.4. The highest BCUT2D eigenvalue weighted by molar-refractivity contribution is 5.38. The topological polar surface area (TPSA) is 50.1 Å². The first kappa shape index (κ1) is 11.2. The summed E-state index contributed by atoms with van der Waals surface area (Å²) in [4.78, 5) is 0. The lowest BCUT2D eigenvalue weighted by atomic mass is 10.0. The lowest BCUT2D eigenvalue weighted by molar-refractivity contribution is 0.491. The molecule has 0 fully saturated rings. The van der Waals surface area contributed by atoms with E-state index >= 15 is 0 Å². The molecule has 0 saturated heterocycles. The van der Waals surface area contributed by atoms with E-state index in [-0.39, 0.29) is 6.17 Å². The molecule has 78 valence electrons. The van der Waals surface area contributed by atoms with Gasteiger partial charge < -0.3 is 5.73 Å². The van der Waals surface area contributed by atoms with Gasteiger partial charge in [-0.05, 0) is 24.5 Å². The van der Waals surface area contributed by atoms with Crippen molar-refractivity contribution in [3.05, 3.63) is 35.5 Å². The number of rotatable bonds is 4. The molecule has 3 nitrogen and oxygen atoms in total. The predicted molar refractivity (Wildman–Crippen MR) is 60.4 cm³/mol. The molecule has 1 atom stereocenters. The van der Waals surface area contributed by atoms with Crippen molar-refractivity contribution in [2.24, 2.45) is 5.73 Å². The minimum absolute atomic E-state index is 0.138. The predicted octanol–water partition coefficient (Wildman–Crippen LogP) is 1.22. The number of nitrogens with two attached hydrogens (primary N) is 1. The van der Waals surface area contributed by atoms with Crippen LogP contribution < -0.4 is 16.6 Å². The van der Waals surface area contributed by atoms with Gasteiger partial charge in [0, 0.05) is 6.54 Å². The first-order valence-corrected chi connectivity index (χ1v) is 5.05. The van der Waals surface area contributed by atoms with E-state index in [9.17, 15) is 0 Å². The summed E-state index contributed by atoms with van der Waals surface area (Å²) in [5, 5.41) is 0. The molecular weight excluding hydrogens is 174 g/mol. The molecule has 3 heteroatoms. The largest absolute Gasteiger partial charge is 0.311 e. The van der Waals surface area contributed by atoms with Crippen LogP contribution in [0.5, 0.6) is 0 Å². The molecule has 0 amide bonds. The van der Waals surface area contributed by atoms with Crippen molar-refractivity contribution < 1.29 is 0 Å². The van der Waals surface area contributed by atoms with E-state index in [4.69, 9.17) is 5.73 Å². The van der Waals surface area contributed by atoms with Gasteiger partial charge in [-0.3, -0.25) is 5.43 Å². The number of hydrogen-bond donors (Lipinski definition) is 3. The zero-order valence-corrected chi connectivity index (χ0v) is 8.88. The van der Waals surface area contributed by atoms with Crippen molar-refractivity contribution in [3.63, 3.8) is 0 Å². The molecule has 0 heterocycles. The molecule has 0 bridgehead atoms. The highest BCUT2D eigenvalue weighted by Gasteiger charge is 2.08. The summed E-state index contributed by atoms with van der Waals surface area (Å²) in [6.07, 6.45) is 9.33. The Morgan fingerprint density at radius 3 is 3.07 bits per heavy atom. The van der Waals surface area contributed by atoms with Crippen LogP contribution in [0.4, 0.5) is 0 Å². The summed E-state index contributed by atoms with van der Waals surface area (Å²) in [6, 6.07) is 0. The maximum atomic E-state index is 5.93. The molecule has 14 heavy (non-hydrogen) atoms. The molecule has 0 aromatic heterocycles. The Morgan fingerprint density at radius 2 is 2.43 bits per heavy atom. The minimum Gasteiger partial charge on any atom is -0.311 e. The lowest BCUT2D eigenvalue weighted by Gasteiger charge is -2.18. The molecule has 1 rings (SSSR count). The Bertz CT molecular complexity index is 264. The molecule has 4 N–H and O–H groups in total. The second-order valence-electron chi connectivity index (χ2n) is 3.27. The second-order valence-corrected chi connectivity index (χ2v) is 3.27. The molecule has 1 aliphatic carbocycles. The second kappa shape index (κ2) is 5.75. The first-order chi connectivity index (χ1) is 6.77. The van der Waals surface area contributed by atoms with Crippen LogP contribution in [0.1, 0.15) is 20.3 Å². The van der Waals surface area contributed by atoms with Gasteiger partial charge in [-0.25, -0.2) is 5.43 Å². The van der Waals surface area contributed by atoms with Crippen LogP contribution in [0, 0.1) is 0 Å². The van der Waals surface area contributed by atoms with E-state index in [1.165, 1.54) is 5.57 Å². The van der Waals surface area contributed by atoms with E-state index in [0.29, 0.717) is 0 Å². The Labute approximate surface area is 85.7 Å². The van der Waals surface area contributed by atoms with Crippen LogP contribution in [0.15, 0.2) is 35.5 Å². The fraction of sp³-hybridized carbons (Fsp3) is 0.455. The lowest BCUT2D eigenvalue weighted by Crippen LogP contribution is -2.47. The van der Waals surface area contributed by atoms with Gasteiger partial charge in [-0.2, -0.15) is 0 Å². The van der Waals surface area contributed by atoms with Gasteiger partial charge >= 0.3 is 0 Å². The monoisotopic (exact) mass is 193 g/mol. The number of hydrogen-bond acceptors (Lipinski definition) is 3. The van der Waals surface area contributed by atoms with Gasteiger partial charge in [-0.1, -0.05) is 31.2 Å². The molecule has 0 radical (unpaired) electrons.